The Kier molecular flexibility index (Phi) is 10.1. The van der Waals surface area contributed by atoms with Crippen LogP contribution >= 0.6 is 0 Å². The molecule has 3 nitrogen and oxygen atoms in total. The van der Waals surface area contributed by atoms with E-state index in [9.17, 15) is 4.79 Å². The molecule has 16 heavy (non-hydrogen) atoms. The van der Waals surface area contributed by atoms with Crippen molar-refractivity contribution >= 4 is 5.97 Å². The number of hydrogen-bond acceptors (Lipinski definition) is 3. The van der Waals surface area contributed by atoms with Gasteiger partial charge in [0.1, 0.15) is 0 Å². The van der Waals surface area contributed by atoms with Crippen molar-refractivity contribution in [3.63, 3.8) is 0 Å². The molecule has 0 aliphatic carbocycles. The summed E-state index contributed by atoms with van der Waals surface area (Å²) in [5.74, 6) is -0.201. The molecule has 0 N–H and O–H groups in total. The first-order valence-electron chi connectivity index (χ1n) is 6.09. The molecule has 0 heterocycles. The van der Waals surface area contributed by atoms with E-state index in [1.54, 1.807) is 14.0 Å². The third-order valence-electron chi connectivity index (χ3n) is 2.30. The number of rotatable bonds is 9. The van der Waals surface area contributed by atoms with Crippen LogP contribution in [0.5, 0.6) is 0 Å². The smallest absolute Gasteiger partial charge is 0.308 e. The lowest BCUT2D eigenvalue weighted by molar-refractivity contribution is -0.145. The molecule has 3 heteroatoms. The van der Waals surface area contributed by atoms with E-state index in [1.165, 1.54) is 19.3 Å². The molecule has 0 aromatic rings. The Hall–Kier alpha value is -0.830. The van der Waals surface area contributed by atoms with Gasteiger partial charge < -0.3 is 9.47 Å². The largest absolute Gasteiger partial charge is 0.466 e. The monoisotopic (exact) mass is 228 g/mol. The first-order valence-corrected chi connectivity index (χ1v) is 6.09. The number of ether oxygens (including phenoxy) is 2. The highest BCUT2D eigenvalue weighted by molar-refractivity contribution is 5.70. The lowest BCUT2D eigenvalue weighted by Gasteiger charge is -2.09. The van der Waals surface area contributed by atoms with Crippen LogP contribution < -0.4 is 0 Å². The fourth-order valence-electron chi connectivity index (χ4n) is 1.37. The van der Waals surface area contributed by atoms with Gasteiger partial charge in [0, 0.05) is 7.11 Å². The Morgan fingerprint density at radius 3 is 2.62 bits per heavy atom. The van der Waals surface area contributed by atoms with Crippen LogP contribution in [0, 0.1) is 0 Å². The summed E-state index contributed by atoms with van der Waals surface area (Å²) in [5.41, 5.74) is 0. The predicted molar refractivity (Wildman–Crippen MR) is 65.3 cm³/mol. The van der Waals surface area contributed by atoms with E-state index in [2.05, 4.69) is 13.0 Å². The lowest BCUT2D eigenvalue weighted by atomic mass is 10.1. The summed E-state index contributed by atoms with van der Waals surface area (Å²) in [5, 5.41) is 0. The highest BCUT2D eigenvalue weighted by Gasteiger charge is 2.10. The highest BCUT2D eigenvalue weighted by atomic mass is 16.5. The molecular formula is C13H24O3. The van der Waals surface area contributed by atoms with Crippen LogP contribution in [-0.2, 0) is 14.3 Å². The van der Waals surface area contributed by atoms with Gasteiger partial charge in [0.2, 0.25) is 0 Å². The van der Waals surface area contributed by atoms with Crippen LogP contribution in [0.25, 0.3) is 0 Å². The Bertz CT molecular complexity index is 199. The van der Waals surface area contributed by atoms with Crippen molar-refractivity contribution in [3.8, 4) is 0 Å². The van der Waals surface area contributed by atoms with Crippen molar-refractivity contribution in [1.82, 2.24) is 0 Å². The zero-order chi connectivity index (χ0) is 12.2. The summed E-state index contributed by atoms with van der Waals surface area (Å²) in [7, 11) is 1.61. The van der Waals surface area contributed by atoms with E-state index in [0.29, 0.717) is 13.0 Å². The molecule has 0 aliphatic heterocycles. The minimum atomic E-state index is -0.201. The number of carbonyl (C=O) groups excluding carboxylic acids is 1. The zero-order valence-electron chi connectivity index (χ0n) is 10.7. The van der Waals surface area contributed by atoms with E-state index in [1.807, 2.05) is 6.08 Å². The molecule has 1 unspecified atom stereocenters. The topological polar surface area (TPSA) is 35.5 Å². The van der Waals surface area contributed by atoms with Crippen LogP contribution in [0.3, 0.4) is 0 Å². The van der Waals surface area contributed by atoms with Gasteiger partial charge in [0.15, 0.2) is 0 Å². The fraction of sp³-hybridized carbons (Fsp3) is 0.769. The molecule has 1 atom stereocenters. The van der Waals surface area contributed by atoms with Gasteiger partial charge in [-0.3, -0.25) is 4.79 Å². The number of esters is 1. The first kappa shape index (κ1) is 15.2. The second kappa shape index (κ2) is 10.7. The number of methoxy groups -OCH3 is 1. The SMILES string of the molecule is CCCCC/C=C/C(CC(=O)OCC)OC. The zero-order valence-corrected chi connectivity index (χ0v) is 10.7. The van der Waals surface area contributed by atoms with E-state index in [0.717, 1.165) is 6.42 Å². The molecule has 0 aromatic carbocycles. The fourth-order valence-corrected chi connectivity index (χ4v) is 1.37. The lowest BCUT2D eigenvalue weighted by Crippen LogP contribution is -2.15. The number of hydrogen-bond donors (Lipinski definition) is 0. The van der Waals surface area contributed by atoms with E-state index in [4.69, 9.17) is 9.47 Å². The molecule has 0 aromatic heterocycles. The summed E-state index contributed by atoms with van der Waals surface area (Å²) in [6, 6.07) is 0. The quantitative estimate of drug-likeness (QED) is 0.345. The minimum absolute atomic E-state index is 0.152. The molecule has 0 saturated heterocycles. The Labute approximate surface area is 98.8 Å². The average molecular weight is 228 g/mol. The van der Waals surface area contributed by atoms with Crippen LogP contribution in [-0.4, -0.2) is 25.8 Å². The molecule has 0 spiro atoms. The van der Waals surface area contributed by atoms with Gasteiger partial charge in [0.25, 0.3) is 0 Å². The Balaban J connectivity index is 3.76. The van der Waals surface area contributed by atoms with Gasteiger partial charge in [-0.2, -0.15) is 0 Å². The third-order valence-corrected chi connectivity index (χ3v) is 2.30. The second-order valence-corrected chi connectivity index (χ2v) is 3.71. The standard InChI is InChI=1S/C13H24O3/c1-4-6-7-8-9-10-12(15-3)11-13(14)16-5-2/h9-10,12H,4-8,11H2,1-3H3/b10-9+. The minimum Gasteiger partial charge on any atom is -0.466 e. The highest BCUT2D eigenvalue weighted by Crippen LogP contribution is 2.05. The summed E-state index contributed by atoms with van der Waals surface area (Å²) in [4.78, 5) is 11.2. The maximum atomic E-state index is 11.2. The Morgan fingerprint density at radius 1 is 1.31 bits per heavy atom. The summed E-state index contributed by atoms with van der Waals surface area (Å²) < 4.78 is 10.1. The molecule has 0 bridgehead atoms. The second-order valence-electron chi connectivity index (χ2n) is 3.71. The predicted octanol–water partition coefficient (Wildman–Crippen LogP) is 3.09. The molecule has 0 saturated carbocycles. The molecule has 0 fully saturated rings. The molecular weight excluding hydrogens is 204 g/mol. The molecule has 94 valence electrons. The molecule has 0 amide bonds. The van der Waals surface area contributed by atoms with E-state index >= 15 is 0 Å². The van der Waals surface area contributed by atoms with Gasteiger partial charge in [-0.05, 0) is 19.8 Å². The van der Waals surface area contributed by atoms with Crippen LogP contribution in [0.4, 0.5) is 0 Å². The van der Waals surface area contributed by atoms with Crippen LogP contribution in [0.15, 0.2) is 12.2 Å². The van der Waals surface area contributed by atoms with Gasteiger partial charge >= 0.3 is 5.97 Å². The van der Waals surface area contributed by atoms with Gasteiger partial charge in [-0.15, -0.1) is 0 Å². The molecule has 0 radical (unpaired) electrons. The number of allylic oxidation sites excluding steroid dienone is 1. The van der Waals surface area contributed by atoms with Crippen molar-refractivity contribution in [2.24, 2.45) is 0 Å². The maximum Gasteiger partial charge on any atom is 0.308 e. The first-order chi connectivity index (χ1) is 7.74. The van der Waals surface area contributed by atoms with Crippen molar-refractivity contribution in [3.05, 3.63) is 12.2 Å². The summed E-state index contributed by atoms with van der Waals surface area (Å²) >= 11 is 0. The van der Waals surface area contributed by atoms with Crippen molar-refractivity contribution in [1.29, 1.82) is 0 Å². The van der Waals surface area contributed by atoms with E-state index in [-0.39, 0.29) is 12.1 Å². The third kappa shape index (κ3) is 8.48. The normalized spacial score (nSPS) is 12.9. The average Bonchev–Trinajstić information content (AvgIpc) is 2.27. The Morgan fingerprint density at radius 2 is 2.06 bits per heavy atom. The molecule has 0 aliphatic rings. The summed E-state index contributed by atoms with van der Waals surface area (Å²) in [6.45, 7) is 4.41. The van der Waals surface area contributed by atoms with E-state index < -0.39 is 0 Å². The van der Waals surface area contributed by atoms with Crippen LogP contribution in [0.1, 0.15) is 46.0 Å². The van der Waals surface area contributed by atoms with Crippen LogP contribution in [0.2, 0.25) is 0 Å². The van der Waals surface area contributed by atoms with Crippen molar-refractivity contribution < 1.29 is 14.3 Å². The van der Waals surface area contributed by atoms with Gasteiger partial charge in [-0.25, -0.2) is 0 Å². The van der Waals surface area contributed by atoms with Gasteiger partial charge in [0.05, 0.1) is 19.1 Å². The van der Waals surface area contributed by atoms with Crippen molar-refractivity contribution in [2.75, 3.05) is 13.7 Å². The van der Waals surface area contributed by atoms with Gasteiger partial charge in [-0.1, -0.05) is 31.9 Å². The molecule has 0 rings (SSSR count). The number of unbranched alkanes of at least 4 members (excludes halogenated alkanes) is 3. The maximum absolute atomic E-state index is 11.2. The number of carbonyl (C=O) groups is 1. The van der Waals surface area contributed by atoms with Crippen molar-refractivity contribution in [2.45, 2.75) is 52.1 Å². The summed E-state index contributed by atoms with van der Waals surface area (Å²) in [6.07, 6.45) is 8.91.